The molecule has 0 spiro atoms. The first kappa shape index (κ1) is 13.7. The van der Waals surface area contributed by atoms with E-state index in [9.17, 15) is 20.8 Å². The van der Waals surface area contributed by atoms with Gasteiger partial charge in [-0.15, -0.1) is 20.9 Å². The van der Waals surface area contributed by atoms with E-state index >= 15 is 0 Å². The molecule has 0 aromatic heterocycles. The van der Waals surface area contributed by atoms with E-state index in [1.54, 1.807) is 12.1 Å². The van der Waals surface area contributed by atoms with E-state index < -0.39 is 20.9 Å². The number of hydrogen-bond acceptors (Lipinski definition) is 6. The molecule has 4 N–H and O–H groups in total. The number of quaternary nitrogens is 4. The minimum absolute atomic E-state index is 0.182. The quantitative estimate of drug-likeness (QED) is 0.419. The van der Waals surface area contributed by atoms with Crippen LogP contribution in [0.25, 0.3) is 11.1 Å². The van der Waals surface area contributed by atoms with Crippen molar-refractivity contribution < 1.29 is 30.8 Å². The molecule has 4 rings (SSSR count). The molecule has 22 heavy (non-hydrogen) atoms. The van der Waals surface area contributed by atoms with Crippen LogP contribution in [0.2, 0.25) is 0 Å². The summed E-state index contributed by atoms with van der Waals surface area (Å²) in [7, 11) is 0. The van der Waals surface area contributed by atoms with Crippen molar-refractivity contribution in [2.45, 2.75) is 0 Å². The van der Waals surface area contributed by atoms with E-state index in [4.69, 9.17) is 0 Å². The Morgan fingerprint density at radius 2 is 0.909 bits per heavy atom. The normalized spacial score (nSPS) is 29.5. The molecule has 0 saturated heterocycles. The molecule has 2 aromatic carbocycles. The van der Waals surface area contributed by atoms with Crippen molar-refractivity contribution in [3.8, 4) is 11.1 Å². The van der Waals surface area contributed by atoms with Crippen molar-refractivity contribution in [3.63, 3.8) is 0 Å². The number of hydrogen-bond donors (Lipinski definition) is 4. The van der Waals surface area contributed by atoms with Crippen LogP contribution in [-0.4, -0.2) is 0 Å². The van der Waals surface area contributed by atoms with Crippen LogP contribution in [0.5, 0.6) is 0 Å². The second-order valence-electron chi connectivity index (χ2n) is 4.87. The van der Waals surface area contributed by atoms with Crippen molar-refractivity contribution in [1.29, 1.82) is 0 Å². The standard InChI is InChI=1S/C12H10N4O6/c17-13-9-3-1-7(5-11(9)15(19)21-13)8-2-4-10-12(6-8)16(20)22-14(10)18/h1-6,13-16H. The molecule has 10 heteroatoms. The molecular weight excluding hydrogens is 296 g/mol. The molecule has 4 atom stereocenters. The Bertz CT molecular complexity index is 693. The zero-order valence-corrected chi connectivity index (χ0v) is 10.9. The minimum atomic E-state index is -0.697. The van der Waals surface area contributed by atoms with Gasteiger partial charge in [-0.05, 0) is 23.3 Å². The molecule has 2 aromatic rings. The number of rotatable bonds is 1. The molecule has 4 unspecified atom stereocenters. The highest BCUT2D eigenvalue weighted by Crippen LogP contribution is 2.29. The Morgan fingerprint density at radius 1 is 0.545 bits per heavy atom. The van der Waals surface area contributed by atoms with Crippen molar-refractivity contribution >= 4 is 22.7 Å². The summed E-state index contributed by atoms with van der Waals surface area (Å²) in [5.41, 5.74) is 2.04. The molecule has 0 fully saturated rings. The highest BCUT2D eigenvalue weighted by molar-refractivity contribution is 5.74. The summed E-state index contributed by atoms with van der Waals surface area (Å²) in [5.74, 6) is 0. The zero-order chi connectivity index (χ0) is 15.4. The first-order chi connectivity index (χ1) is 10.5. The van der Waals surface area contributed by atoms with Gasteiger partial charge in [0.15, 0.2) is 0 Å². The summed E-state index contributed by atoms with van der Waals surface area (Å²) < 4.78 is 0. The number of benzene rings is 2. The molecule has 0 radical (unpaired) electrons. The lowest BCUT2D eigenvalue weighted by Crippen LogP contribution is -3.15. The van der Waals surface area contributed by atoms with Gasteiger partial charge in [0.1, 0.15) is 0 Å². The fourth-order valence-corrected chi connectivity index (χ4v) is 2.53. The lowest BCUT2D eigenvalue weighted by atomic mass is 10.0. The van der Waals surface area contributed by atoms with Crippen LogP contribution in [0.3, 0.4) is 0 Å². The first-order valence-corrected chi connectivity index (χ1v) is 6.36. The van der Waals surface area contributed by atoms with Gasteiger partial charge < -0.3 is 20.8 Å². The monoisotopic (exact) mass is 306 g/mol. The molecule has 2 heterocycles. The van der Waals surface area contributed by atoms with Gasteiger partial charge in [0.05, 0.1) is 0 Å². The van der Waals surface area contributed by atoms with E-state index in [1.807, 2.05) is 0 Å². The predicted octanol–water partition coefficient (Wildman–Crippen LogP) is -2.87. The van der Waals surface area contributed by atoms with Crippen LogP contribution in [0, 0.1) is 20.8 Å². The van der Waals surface area contributed by atoms with E-state index in [2.05, 4.69) is 9.88 Å². The lowest BCUT2D eigenvalue weighted by Gasteiger charge is -2.10. The zero-order valence-electron chi connectivity index (χ0n) is 10.9. The average molecular weight is 306 g/mol. The number of nitrogens with one attached hydrogen (secondary N) is 4. The van der Waals surface area contributed by atoms with Crippen molar-refractivity contribution in [2.75, 3.05) is 0 Å². The van der Waals surface area contributed by atoms with Crippen LogP contribution >= 0.6 is 0 Å². The van der Waals surface area contributed by atoms with Gasteiger partial charge in [0.25, 0.3) is 0 Å². The Balaban J connectivity index is 1.78. The molecule has 0 saturated carbocycles. The van der Waals surface area contributed by atoms with Gasteiger partial charge in [-0.3, -0.25) is 0 Å². The van der Waals surface area contributed by atoms with Gasteiger partial charge in [-0.1, -0.05) is 0 Å². The Kier molecular flexibility index (Phi) is 2.97. The summed E-state index contributed by atoms with van der Waals surface area (Å²) in [4.78, 5) is 9.06. The number of fused-ring (bicyclic) bond motifs is 2. The van der Waals surface area contributed by atoms with Crippen LogP contribution in [0.15, 0.2) is 36.4 Å². The van der Waals surface area contributed by atoms with Crippen LogP contribution in [0.1, 0.15) is 0 Å². The smallest absolute Gasteiger partial charge is 0.234 e. The lowest BCUT2D eigenvalue weighted by molar-refractivity contribution is -1.24. The summed E-state index contributed by atoms with van der Waals surface area (Å²) in [6.45, 7) is 0. The summed E-state index contributed by atoms with van der Waals surface area (Å²) in [6.07, 6.45) is 0. The minimum Gasteiger partial charge on any atom is -0.590 e. The maximum atomic E-state index is 11.6. The third kappa shape index (κ3) is 1.93. The highest BCUT2D eigenvalue weighted by atomic mass is 17.1. The largest absolute Gasteiger partial charge is 0.590 e. The molecular formula is C12H10N4O6. The van der Waals surface area contributed by atoms with Crippen LogP contribution in [-0.2, 0) is 9.88 Å². The SMILES string of the molecule is [O-][NH+]1O[NH+]([O-])c2cc(-c3ccc4c(c3)[NH+]([O-])O[NH+]4[O-])ccc21. The van der Waals surface area contributed by atoms with E-state index in [1.165, 1.54) is 24.3 Å². The molecule has 10 nitrogen and oxygen atoms in total. The molecule has 0 amide bonds. The van der Waals surface area contributed by atoms with E-state index in [-0.39, 0.29) is 22.7 Å². The fourth-order valence-electron chi connectivity index (χ4n) is 2.53. The van der Waals surface area contributed by atoms with Crippen LogP contribution < -0.4 is 20.9 Å². The van der Waals surface area contributed by atoms with Gasteiger partial charge in [-0.2, -0.15) is 0 Å². The Morgan fingerprint density at radius 3 is 1.32 bits per heavy atom. The summed E-state index contributed by atoms with van der Waals surface area (Å²) in [5, 5.41) is 43.3. The molecule has 114 valence electrons. The van der Waals surface area contributed by atoms with Gasteiger partial charge >= 0.3 is 0 Å². The topological polar surface area (TPSA) is 128 Å². The third-order valence-corrected chi connectivity index (χ3v) is 3.62. The van der Waals surface area contributed by atoms with Crippen LogP contribution in [0.4, 0.5) is 22.7 Å². The maximum absolute atomic E-state index is 11.6. The predicted molar refractivity (Wildman–Crippen MR) is 70.0 cm³/mol. The Labute approximate surface area is 123 Å². The van der Waals surface area contributed by atoms with E-state index in [0.717, 1.165) is 0 Å². The van der Waals surface area contributed by atoms with Crippen molar-refractivity contribution in [3.05, 3.63) is 57.2 Å². The van der Waals surface area contributed by atoms with Crippen molar-refractivity contribution in [2.24, 2.45) is 0 Å². The van der Waals surface area contributed by atoms with Gasteiger partial charge in [-0.25, -0.2) is 0 Å². The third-order valence-electron chi connectivity index (χ3n) is 3.62. The molecule has 2 aliphatic rings. The second-order valence-corrected chi connectivity index (χ2v) is 4.87. The summed E-state index contributed by atoms with van der Waals surface area (Å²) >= 11 is 0. The Hall–Kier alpha value is -1.96. The molecule has 2 aliphatic heterocycles. The first-order valence-electron chi connectivity index (χ1n) is 6.36. The van der Waals surface area contributed by atoms with Crippen molar-refractivity contribution in [1.82, 2.24) is 0 Å². The average Bonchev–Trinajstić information content (AvgIpc) is 2.96. The van der Waals surface area contributed by atoms with Gasteiger partial charge in [0.2, 0.25) is 22.7 Å². The van der Waals surface area contributed by atoms with E-state index in [0.29, 0.717) is 11.1 Å². The molecule has 0 bridgehead atoms. The molecule has 0 aliphatic carbocycles. The fraction of sp³-hybridized carbons (Fsp3) is 0. The second kappa shape index (κ2) is 4.77. The summed E-state index contributed by atoms with van der Waals surface area (Å²) in [6, 6.07) is 9.31. The maximum Gasteiger partial charge on any atom is 0.234 e. The van der Waals surface area contributed by atoms with Gasteiger partial charge in [0, 0.05) is 34.1 Å². The highest BCUT2D eigenvalue weighted by Gasteiger charge is 2.32.